The minimum Gasteiger partial charge on any atom is -0.465 e. The number of thioether (sulfide) groups is 1. The Morgan fingerprint density at radius 3 is 2.86 bits per heavy atom. The standard InChI is InChI=1S/C17H19NO2S/c1-3-20-16(19)17(8-4-9-17)21-15-7-10-18-14-6-5-12(2)11-13(14)15/h5-7,10-11H,3-4,8-9H2,1-2H3. The van der Waals surface area contributed by atoms with Crippen molar-refractivity contribution in [1.29, 1.82) is 0 Å². The fourth-order valence-corrected chi connectivity index (χ4v) is 4.10. The molecule has 1 aliphatic rings. The van der Waals surface area contributed by atoms with E-state index in [2.05, 4.69) is 24.0 Å². The van der Waals surface area contributed by atoms with Gasteiger partial charge in [0, 0.05) is 16.5 Å². The lowest BCUT2D eigenvalue weighted by molar-refractivity contribution is -0.148. The third-order valence-electron chi connectivity index (χ3n) is 3.97. The molecule has 0 saturated heterocycles. The lowest BCUT2D eigenvalue weighted by atomic mass is 9.84. The summed E-state index contributed by atoms with van der Waals surface area (Å²) in [6, 6.07) is 8.24. The van der Waals surface area contributed by atoms with Crippen LogP contribution in [0, 0.1) is 6.92 Å². The zero-order valence-electron chi connectivity index (χ0n) is 12.4. The van der Waals surface area contributed by atoms with Gasteiger partial charge >= 0.3 is 5.97 Å². The van der Waals surface area contributed by atoms with Crippen LogP contribution >= 0.6 is 11.8 Å². The van der Waals surface area contributed by atoms with Crippen molar-refractivity contribution < 1.29 is 9.53 Å². The molecule has 4 heteroatoms. The molecule has 2 aromatic rings. The summed E-state index contributed by atoms with van der Waals surface area (Å²) in [5, 5.41) is 1.12. The number of aromatic nitrogens is 1. The highest BCUT2D eigenvalue weighted by molar-refractivity contribution is 8.01. The molecule has 0 atom stereocenters. The van der Waals surface area contributed by atoms with Crippen LogP contribution in [0.5, 0.6) is 0 Å². The lowest BCUT2D eigenvalue weighted by Gasteiger charge is -2.38. The number of esters is 1. The summed E-state index contributed by atoms with van der Waals surface area (Å²) in [6.45, 7) is 4.38. The Bertz CT molecular complexity index is 680. The molecule has 0 N–H and O–H groups in total. The highest BCUT2D eigenvalue weighted by Gasteiger charge is 2.46. The monoisotopic (exact) mass is 301 g/mol. The SMILES string of the molecule is CCOC(=O)C1(Sc2ccnc3ccc(C)cc23)CCC1. The van der Waals surface area contributed by atoms with E-state index in [1.165, 1.54) is 5.56 Å². The summed E-state index contributed by atoms with van der Waals surface area (Å²) in [5.74, 6) is -0.0705. The Morgan fingerprint density at radius 1 is 1.38 bits per heavy atom. The van der Waals surface area contributed by atoms with Crippen LogP contribution in [0.15, 0.2) is 35.4 Å². The smallest absolute Gasteiger partial charge is 0.322 e. The van der Waals surface area contributed by atoms with Gasteiger partial charge in [-0.15, -0.1) is 11.8 Å². The molecular formula is C17H19NO2S. The highest BCUT2D eigenvalue weighted by atomic mass is 32.2. The zero-order valence-corrected chi connectivity index (χ0v) is 13.2. The second-order valence-electron chi connectivity index (χ2n) is 5.50. The van der Waals surface area contributed by atoms with Gasteiger partial charge in [0.1, 0.15) is 4.75 Å². The van der Waals surface area contributed by atoms with Gasteiger partial charge in [0.05, 0.1) is 12.1 Å². The van der Waals surface area contributed by atoms with Gasteiger partial charge in [0.2, 0.25) is 0 Å². The van der Waals surface area contributed by atoms with Crippen molar-refractivity contribution in [3.05, 3.63) is 36.0 Å². The van der Waals surface area contributed by atoms with E-state index in [0.29, 0.717) is 6.61 Å². The lowest BCUT2D eigenvalue weighted by Crippen LogP contribution is -2.43. The Hall–Kier alpha value is -1.55. The second kappa shape index (κ2) is 5.68. The van der Waals surface area contributed by atoms with Crippen LogP contribution in [0.25, 0.3) is 10.9 Å². The first kappa shape index (κ1) is 14.4. The number of benzene rings is 1. The molecular weight excluding hydrogens is 282 g/mol. The van der Waals surface area contributed by atoms with Crippen molar-refractivity contribution in [2.75, 3.05) is 6.61 Å². The predicted octanol–water partition coefficient (Wildman–Crippen LogP) is 4.12. The minimum atomic E-state index is -0.395. The summed E-state index contributed by atoms with van der Waals surface area (Å²) < 4.78 is 4.89. The van der Waals surface area contributed by atoms with Crippen LogP contribution in [0.3, 0.4) is 0 Å². The maximum Gasteiger partial charge on any atom is 0.322 e. The van der Waals surface area contributed by atoms with Crippen molar-refractivity contribution in [3.63, 3.8) is 0 Å². The molecule has 0 aliphatic heterocycles. The first-order valence-electron chi connectivity index (χ1n) is 7.36. The molecule has 0 unspecified atom stereocenters. The van der Waals surface area contributed by atoms with E-state index in [0.717, 1.165) is 35.1 Å². The molecule has 0 amide bonds. The first-order chi connectivity index (χ1) is 10.1. The molecule has 1 aliphatic carbocycles. The number of hydrogen-bond donors (Lipinski definition) is 0. The number of carbonyl (C=O) groups excluding carboxylic acids is 1. The van der Waals surface area contributed by atoms with Gasteiger partial charge in [-0.1, -0.05) is 11.6 Å². The number of aryl methyl sites for hydroxylation is 1. The topological polar surface area (TPSA) is 39.2 Å². The van der Waals surface area contributed by atoms with E-state index in [4.69, 9.17) is 4.74 Å². The van der Waals surface area contributed by atoms with Crippen molar-refractivity contribution in [2.45, 2.75) is 42.8 Å². The molecule has 1 aromatic heterocycles. The normalized spacial score (nSPS) is 16.5. The Morgan fingerprint density at radius 2 is 2.19 bits per heavy atom. The number of nitrogens with zero attached hydrogens (tertiary/aromatic N) is 1. The van der Waals surface area contributed by atoms with E-state index >= 15 is 0 Å². The Kier molecular flexibility index (Phi) is 3.89. The van der Waals surface area contributed by atoms with Crippen LogP contribution in [0.4, 0.5) is 0 Å². The summed E-state index contributed by atoms with van der Waals surface area (Å²) in [7, 11) is 0. The third-order valence-corrected chi connectivity index (χ3v) is 5.51. The quantitative estimate of drug-likeness (QED) is 0.796. The number of rotatable bonds is 4. The van der Waals surface area contributed by atoms with Gasteiger partial charge in [0.15, 0.2) is 0 Å². The average Bonchev–Trinajstić information content (AvgIpc) is 2.43. The van der Waals surface area contributed by atoms with E-state index in [1.54, 1.807) is 11.8 Å². The summed E-state index contributed by atoms with van der Waals surface area (Å²) in [4.78, 5) is 17.8. The van der Waals surface area contributed by atoms with Gasteiger partial charge in [0.25, 0.3) is 0 Å². The summed E-state index contributed by atoms with van der Waals surface area (Å²) in [5.41, 5.74) is 2.18. The minimum absolute atomic E-state index is 0.0705. The van der Waals surface area contributed by atoms with Crippen molar-refractivity contribution in [1.82, 2.24) is 4.98 Å². The molecule has 1 fully saturated rings. The van der Waals surface area contributed by atoms with Gasteiger partial charge in [-0.25, -0.2) is 0 Å². The molecule has 21 heavy (non-hydrogen) atoms. The van der Waals surface area contributed by atoms with Crippen LogP contribution in [0.2, 0.25) is 0 Å². The van der Waals surface area contributed by atoms with Gasteiger partial charge in [-0.2, -0.15) is 0 Å². The van der Waals surface area contributed by atoms with Gasteiger partial charge in [-0.05, 0) is 51.3 Å². The van der Waals surface area contributed by atoms with Crippen molar-refractivity contribution in [2.24, 2.45) is 0 Å². The van der Waals surface area contributed by atoms with Crippen LogP contribution in [0.1, 0.15) is 31.7 Å². The third kappa shape index (κ3) is 2.64. The number of ether oxygens (including phenoxy) is 1. The second-order valence-corrected chi connectivity index (χ2v) is 6.93. The highest BCUT2D eigenvalue weighted by Crippen LogP contribution is 2.49. The van der Waals surface area contributed by atoms with Gasteiger partial charge < -0.3 is 4.74 Å². The molecule has 1 aromatic carbocycles. The largest absolute Gasteiger partial charge is 0.465 e. The molecule has 110 valence electrons. The molecule has 0 radical (unpaired) electrons. The van der Waals surface area contributed by atoms with E-state index < -0.39 is 4.75 Å². The molecule has 0 bridgehead atoms. The van der Waals surface area contributed by atoms with Crippen molar-refractivity contribution in [3.8, 4) is 0 Å². The Labute approximate surface area is 129 Å². The number of fused-ring (bicyclic) bond motifs is 1. The molecule has 1 heterocycles. The molecule has 0 spiro atoms. The summed E-state index contributed by atoms with van der Waals surface area (Å²) >= 11 is 1.65. The number of pyridine rings is 1. The maximum atomic E-state index is 12.3. The van der Waals surface area contributed by atoms with E-state index in [1.807, 2.05) is 25.3 Å². The molecule has 3 rings (SSSR count). The number of hydrogen-bond acceptors (Lipinski definition) is 4. The summed E-state index contributed by atoms with van der Waals surface area (Å²) in [6.07, 6.45) is 4.70. The van der Waals surface area contributed by atoms with Crippen LogP contribution in [-0.4, -0.2) is 22.3 Å². The Balaban J connectivity index is 1.97. The number of carbonyl (C=O) groups is 1. The fourth-order valence-electron chi connectivity index (χ4n) is 2.64. The van der Waals surface area contributed by atoms with Crippen LogP contribution < -0.4 is 0 Å². The fraction of sp³-hybridized carbons (Fsp3) is 0.412. The van der Waals surface area contributed by atoms with Gasteiger partial charge in [-0.3, -0.25) is 9.78 Å². The molecule has 1 saturated carbocycles. The average molecular weight is 301 g/mol. The zero-order chi connectivity index (χ0) is 14.9. The van der Waals surface area contributed by atoms with E-state index in [9.17, 15) is 4.79 Å². The molecule has 3 nitrogen and oxygen atoms in total. The van der Waals surface area contributed by atoms with Crippen LogP contribution in [-0.2, 0) is 9.53 Å². The predicted molar refractivity (Wildman–Crippen MR) is 85.6 cm³/mol. The first-order valence-corrected chi connectivity index (χ1v) is 8.18. The maximum absolute atomic E-state index is 12.3. The van der Waals surface area contributed by atoms with Crippen molar-refractivity contribution >= 4 is 28.6 Å². The van der Waals surface area contributed by atoms with E-state index in [-0.39, 0.29) is 5.97 Å².